The molecule has 2 aliphatic rings. The maximum atomic E-state index is 5.80. The molecule has 0 saturated carbocycles. The lowest BCUT2D eigenvalue weighted by atomic mass is 10.0. The van der Waals surface area contributed by atoms with Gasteiger partial charge in [-0.15, -0.1) is 0 Å². The van der Waals surface area contributed by atoms with E-state index in [9.17, 15) is 0 Å². The summed E-state index contributed by atoms with van der Waals surface area (Å²) in [5.41, 5.74) is 0. The van der Waals surface area contributed by atoms with E-state index in [1.54, 1.807) is 0 Å². The van der Waals surface area contributed by atoms with Crippen molar-refractivity contribution in [1.29, 1.82) is 0 Å². The van der Waals surface area contributed by atoms with Gasteiger partial charge in [0.05, 0.1) is 19.3 Å². The molecule has 0 aliphatic carbocycles. The van der Waals surface area contributed by atoms with Crippen LogP contribution >= 0.6 is 0 Å². The molecule has 4 heteroatoms. The molecule has 0 amide bonds. The standard InChI is InChI=1S/C16H23NO3/c1-2-6-14(7-3-1)18-11-10-17-9-5-4-8-15(17)16-19-12-13-20-16/h1-3,6-7,15-16H,4-5,8-13H2/t15-/m0/s1. The number of hydrogen-bond donors (Lipinski definition) is 0. The van der Waals surface area contributed by atoms with E-state index in [0.29, 0.717) is 12.6 Å². The third kappa shape index (κ3) is 3.51. The molecule has 1 aromatic rings. The molecule has 1 atom stereocenters. The first kappa shape index (κ1) is 13.9. The highest BCUT2D eigenvalue weighted by atomic mass is 16.7. The minimum Gasteiger partial charge on any atom is -0.492 e. The van der Waals surface area contributed by atoms with Gasteiger partial charge in [-0.3, -0.25) is 4.90 Å². The largest absolute Gasteiger partial charge is 0.492 e. The number of piperidine rings is 1. The second-order valence-electron chi connectivity index (χ2n) is 5.37. The maximum Gasteiger partial charge on any atom is 0.173 e. The van der Waals surface area contributed by atoms with Gasteiger partial charge in [0.1, 0.15) is 12.4 Å². The predicted molar refractivity (Wildman–Crippen MR) is 76.8 cm³/mol. The van der Waals surface area contributed by atoms with Crippen molar-refractivity contribution >= 4 is 0 Å². The Morgan fingerprint density at radius 1 is 1.10 bits per heavy atom. The molecule has 0 aromatic heterocycles. The van der Waals surface area contributed by atoms with Crippen molar-refractivity contribution in [2.45, 2.75) is 31.6 Å². The first-order valence-electron chi connectivity index (χ1n) is 7.58. The van der Waals surface area contributed by atoms with E-state index in [1.807, 2.05) is 30.3 Å². The van der Waals surface area contributed by atoms with Crippen LogP contribution in [0.3, 0.4) is 0 Å². The number of benzene rings is 1. The van der Waals surface area contributed by atoms with Crippen LogP contribution in [0.2, 0.25) is 0 Å². The van der Waals surface area contributed by atoms with Gasteiger partial charge in [0.25, 0.3) is 0 Å². The van der Waals surface area contributed by atoms with Crippen LogP contribution in [0.15, 0.2) is 30.3 Å². The van der Waals surface area contributed by atoms with Crippen LogP contribution in [0.5, 0.6) is 5.75 Å². The van der Waals surface area contributed by atoms with Crippen LogP contribution in [-0.4, -0.2) is 50.1 Å². The molecule has 4 nitrogen and oxygen atoms in total. The van der Waals surface area contributed by atoms with Crippen LogP contribution in [0, 0.1) is 0 Å². The number of ether oxygens (including phenoxy) is 3. The molecule has 3 rings (SSSR count). The van der Waals surface area contributed by atoms with Crippen LogP contribution in [0.4, 0.5) is 0 Å². The van der Waals surface area contributed by atoms with Gasteiger partial charge < -0.3 is 14.2 Å². The molecule has 20 heavy (non-hydrogen) atoms. The Kier molecular flexibility index (Phi) is 4.90. The first-order valence-corrected chi connectivity index (χ1v) is 7.58. The van der Waals surface area contributed by atoms with E-state index in [-0.39, 0.29) is 6.29 Å². The molecule has 2 heterocycles. The molecule has 0 N–H and O–H groups in total. The van der Waals surface area contributed by atoms with Crippen molar-refractivity contribution in [3.63, 3.8) is 0 Å². The number of nitrogens with zero attached hydrogens (tertiary/aromatic N) is 1. The van der Waals surface area contributed by atoms with E-state index >= 15 is 0 Å². The molecule has 1 aromatic carbocycles. The fourth-order valence-electron chi connectivity index (χ4n) is 3.00. The third-order valence-electron chi connectivity index (χ3n) is 4.02. The van der Waals surface area contributed by atoms with Crippen molar-refractivity contribution in [3.05, 3.63) is 30.3 Å². The highest BCUT2D eigenvalue weighted by Gasteiger charge is 2.33. The van der Waals surface area contributed by atoms with E-state index in [1.165, 1.54) is 12.8 Å². The van der Waals surface area contributed by atoms with Gasteiger partial charge in [-0.2, -0.15) is 0 Å². The molecular weight excluding hydrogens is 254 g/mol. The zero-order valence-corrected chi connectivity index (χ0v) is 11.9. The maximum absolute atomic E-state index is 5.80. The Bertz CT molecular complexity index is 392. The van der Waals surface area contributed by atoms with Gasteiger partial charge in [0.2, 0.25) is 0 Å². The molecule has 0 bridgehead atoms. The molecule has 0 radical (unpaired) electrons. The summed E-state index contributed by atoms with van der Waals surface area (Å²) in [6.45, 7) is 4.23. The quantitative estimate of drug-likeness (QED) is 0.826. The molecule has 2 fully saturated rings. The summed E-state index contributed by atoms with van der Waals surface area (Å²) in [5, 5.41) is 0. The van der Waals surface area contributed by atoms with Crippen LogP contribution in [0.25, 0.3) is 0 Å². The zero-order chi connectivity index (χ0) is 13.6. The van der Waals surface area contributed by atoms with Crippen LogP contribution < -0.4 is 4.74 Å². The smallest absolute Gasteiger partial charge is 0.173 e. The lowest BCUT2D eigenvalue weighted by Crippen LogP contribution is -2.48. The highest BCUT2D eigenvalue weighted by Crippen LogP contribution is 2.24. The van der Waals surface area contributed by atoms with Gasteiger partial charge in [0.15, 0.2) is 6.29 Å². The third-order valence-corrected chi connectivity index (χ3v) is 4.02. The van der Waals surface area contributed by atoms with Gasteiger partial charge in [-0.05, 0) is 31.5 Å². The highest BCUT2D eigenvalue weighted by molar-refractivity contribution is 5.20. The lowest BCUT2D eigenvalue weighted by molar-refractivity contribution is -0.110. The van der Waals surface area contributed by atoms with Crippen LogP contribution in [-0.2, 0) is 9.47 Å². The molecule has 0 spiro atoms. The molecule has 2 aliphatic heterocycles. The zero-order valence-electron chi connectivity index (χ0n) is 11.9. The average molecular weight is 277 g/mol. The second kappa shape index (κ2) is 7.07. The van der Waals surface area contributed by atoms with Crippen molar-refractivity contribution in [2.24, 2.45) is 0 Å². The van der Waals surface area contributed by atoms with Gasteiger partial charge in [0, 0.05) is 6.54 Å². The van der Waals surface area contributed by atoms with Crippen molar-refractivity contribution < 1.29 is 14.2 Å². The normalized spacial score (nSPS) is 24.9. The summed E-state index contributed by atoms with van der Waals surface area (Å²) < 4.78 is 17.2. The minimum absolute atomic E-state index is 0.0352. The van der Waals surface area contributed by atoms with Crippen molar-refractivity contribution in [2.75, 3.05) is 32.9 Å². The molecule has 110 valence electrons. The topological polar surface area (TPSA) is 30.9 Å². The second-order valence-corrected chi connectivity index (χ2v) is 5.37. The van der Waals surface area contributed by atoms with Crippen molar-refractivity contribution in [1.82, 2.24) is 4.90 Å². The summed E-state index contributed by atoms with van der Waals surface area (Å²) in [7, 11) is 0. The fourth-order valence-corrected chi connectivity index (χ4v) is 3.00. The minimum atomic E-state index is -0.0352. The first-order chi connectivity index (χ1) is 9.93. The summed E-state index contributed by atoms with van der Waals surface area (Å²) in [4.78, 5) is 2.46. The number of likely N-dealkylation sites (tertiary alicyclic amines) is 1. The predicted octanol–water partition coefficient (Wildman–Crippen LogP) is 2.29. The van der Waals surface area contributed by atoms with E-state index in [4.69, 9.17) is 14.2 Å². The summed E-state index contributed by atoms with van der Waals surface area (Å²) >= 11 is 0. The number of hydrogen-bond acceptors (Lipinski definition) is 4. The Labute approximate surface area is 120 Å². The Balaban J connectivity index is 1.49. The molecule has 2 saturated heterocycles. The molecular formula is C16H23NO3. The van der Waals surface area contributed by atoms with E-state index in [2.05, 4.69) is 4.90 Å². The Morgan fingerprint density at radius 2 is 1.90 bits per heavy atom. The number of rotatable bonds is 5. The van der Waals surface area contributed by atoms with E-state index in [0.717, 1.165) is 38.5 Å². The lowest BCUT2D eigenvalue weighted by Gasteiger charge is -2.37. The fraction of sp³-hybridized carbons (Fsp3) is 0.625. The molecule has 0 unspecified atom stereocenters. The van der Waals surface area contributed by atoms with Crippen LogP contribution in [0.1, 0.15) is 19.3 Å². The van der Waals surface area contributed by atoms with Gasteiger partial charge >= 0.3 is 0 Å². The summed E-state index contributed by atoms with van der Waals surface area (Å²) in [5.74, 6) is 0.939. The monoisotopic (exact) mass is 277 g/mol. The van der Waals surface area contributed by atoms with Gasteiger partial charge in [-0.25, -0.2) is 0 Å². The SMILES string of the molecule is c1ccc(OCCN2CCCC[C@H]2C2OCCO2)cc1. The summed E-state index contributed by atoms with van der Waals surface area (Å²) in [6, 6.07) is 10.4. The van der Waals surface area contributed by atoms with Crippen molar-refractivity contribution in [3.8, 4) is 5.75 Å². The number of para-hydroxylation sites is 1. The Hall–Kier alpha value is -1.10. The average Bonchev–Trinajstić information content (AvgIpc) is 3.03. The summed E-state index contributed by atoms with van der Waals surface area (Å²) in [6.07, 6.45) is 3.65. The van der Waals surface area contributed by atoms with E-state index < -0.39 is 0 Å². The Morgan fingerprint density at radius 3 is 2.70 bits per heavy atom. The van der Waals surface area contributed by atoms with Gasteiger partial charge in [-0.1, -0.05) is 24.6 Å².